The summed E-state index contributed by atoms with van der Waals surface area (Å²) in [4.78, 5) is 14.2. The van der Waals surface area contributed by atoms with E-state index in [0.29, 0.717) is 5.56 Å². The van der Waals surface area contributed by atoms with Crippen molar-refractivity contribution in [2.45, 2.75) is 0 Å². The standard InChI is InChI=1S/C13H10N2O4/c16-10-5-6-11(12(7-10)15(18)19)14-8-9-3-1-2-4-13(9)17/h1-8,16-17H. The van der Waals surface area contributed by atoms with E-state index in [1.165, 1.54) is 24.4 Å². The highest BCUT2D eigenvalue weighted by molar-refractivity contribution is 5.86. The summed E-state index contributed by atoms with van der Waals surface area (Å²) in [5, 5.41) is 29.6. The molecule has 2 aromatic carbocycles. The number of aromatic hydroxyl groups is 2. The second-order valence-corrected chi connectivity index (χ2v) is 3.75. The molecule has 0 aliphatic rings. The molecule has 19 heavy (non-hydrogen) atoms. The van der Waals surface area contributed by atoms with Crippen molar-refractivity contribution in [2.75, 3.05) is 0 Å². The molecule has 6 nitrogen and oxygen atoms in total. The third kappa shape index (κ3) is 2.86. The van der Waals surface area contributed by atoms with E-state index in [0.717, 1.165) is 6.07 Å². The van der Waals surface area contributed by atoms with Gasteiger partial charge in [0, 0.05) is 11.8 Å². The highest BCUT2D eigenvalue weighted by Gasteiger charge is 2.13. The Morgan fingerprint density at radius 3 is 2.58 bits per heavy atom. The van der Waals surface area contributed by atoms with Crippen molar-refractivity contribution >= 4 is 17.6 Å². The number of phenolic OH excluding ortho intramolecular Hbond substituents is 2. The van der Waals surface area contributed by atoms with Gasteiger partial charge in [-0.1, -0.05) is 12.1 Å². The average Bonchev–Trinajstić information content (AvgIpc) is 2.38. The van der Waals surface area contributed by atoms with Crippen LogP contribution < -0.4 is 0 Å². The van der Waals surface area contributed by atoms with Gasteiger partial charge in [-0.2, -0.15) is 0 Å². The molecule has 0 atom stereocenters. The van der Waals surface area contributed by atoms with Crippen LogP contribution in [0.2, 0.25) is 0 Å². The number of nitrogens with zero attached hydrogens (tertiary/aromatic N) is 2. The number of hydrogen-bond donors (Lipinski definition) is 2. The molecule has 0 aliphatic carbocycles. The molecule has 2 N–H and O–H groups in total. The van der Waals surface area contributed by atoms with Crippen LogP contribution in [0.3, 0.4) is 0 Å². The molecule has 0 fully saturated rings. The van der Waals surface area contributed by atoms with Crippen molar-refractivity contribution in [1.82, 2.24) is 0 Å². The first-order valence-corrected chi connectivity index (χ1v) is 5.37. The van der Waals surface area contributed by atoms with Gasteiger partial charge >= 0.3 is 0 Å². The molecule has 96 valence electrons. The molecule has 2 aromatic rings. The quantitative estimate of drug-likeness (QED) is 0.502. The maximum Gasteiger partial charge on any atom is 0.298 e. The topological polar surface area (TPSA) is 96.0 Å². The summed E-state index contributed by atoms with van der Waals surface area (Å²) in [7, 11) is 0. The second kappa shape index (κ2) is 5.18. The first-order chi connectivity index (χ1) is 9.08. The van der Waals surface area contributed by atoms with Crippen molar-refractivity contribution in [1.29, 1.82) is 0 Å². The number of rotatable bonds is 3. The van der Waals surface area contributed by atoms with Crippen LogP contribution in [0.25, 0.3) is 0 Å². The molecule has 0 bridgehead atoms. The molecule has 2 rings (SSSR count). The third-order valence-electron chi connectivity index (χ3n) is 2.44. The van der Waals surface area contributed by atoms with Gasteiger partial charge in [-0.15, -0.1) is 0 Å². The molecule has 0 unspecified atom stereocenters. The number of nitro benzene ring substituents is 1. The molecule has 0 spiro atoms. The van der Waals surface area contributed by atoms with E-state index in [4.69, 9.17) is 0 Å². The third-order valence-corrected chi connectivity index (χ3v) is 2.44. The number of hydrogen-bond acceptors (Lipinski definition) is 5. The first-order valence-electron chi connectivity index (χ1n) is 5.37. The van der Waals surface area contributed by atoms with Crippen LogP contribution in [0.15, 0.2) is 47.5 Å². The van der Waals surface area contributed by atoms with Gasteiger partial charge in [-0.25, -0.2) is 4.99 Å². The molecule has 0 aromatic heterocycles. The monoisotopic (exact) mass is 258 g/mol. The molecule has 0 radical (unpaired) electrons. The Bertz CT molecular complexity index is 653. The summed E-state index contributed by atoms with van der Waals surface area (Å²) in [5.41, 5.74) is 0.252. The highest BCUT2D eigenvalue weighted by atomic mass is 16.6. The summed E-state index contributed by atoms with van der Waals surface area (Å²) < 4.78 is 0. The van der Waals surface area contributed by atoms with Crippen molar-refractivity contribution in [3.05, 3.63) is 58.1 Å². The van der Waals surface area contributed by atoms with E-state index < -0.39 is 4.92 Å². The molecule has 0 amide bonds. The summed E-state index contributed by atoms with van der Waals surface area (Å²) in [6.45, 7) is 0. The lowest BCUT2D eigenvalue weighted by atomic mass is 10.2. The molecule has 6 heteroatoms. The Morgan fingerprint density at radius 2 is 1.89 bits per heavy atom. The van der Waals surface area contributed by atoms with Gasteiger partial charge < -0.3 is 10.2 Å². The van der Waals surface area contributed by atoms with Gasteiger partial charge in [0.2, 0.25) is 0 Å². The van der Waals surface area contributed by atoms with Crippen molar-refractivity contribution in [3.63, 3.8) is 0 Å². The summed E-state index contributed by atoms with van der Waals surface area (Å²) in [6.07, 6.45) is 1.33. The summed E-state index contributed by atoms with van der Waals surface area (Å²) in [5.74, 6) is -0.166. The minimum absolute atomic E-state index is 0.0349. The Morgan fingerprint density at radius 1 is 1.16 bits per heavy atom. The van der Waals surface area contributed by atoms with Gasteiger partial charge in [-0.05, 0) is 24.3 Å². The fourth-order valence-corrected chi connectivity index (χ4v) is 1.50. The largest absolute Gasteiger partial charge is 0.508 e. The van der Waals surface area contributed by atoms with Crippen LogP contribution in [-0.2, 0) is 0 Å². The van der Waals surface area contributed by atoms with Crippen LogP contribution >= 0.6 is 0 Å². The molecular formula is C13H10N2O4. The summed E-state index contributed by atoms with van der Waals surface area (Å²) in [6, 6.07) is 10.2. The van der Waals surface area contributed by atoms with Crippen LogP contribution in [0.5, 0.6) is 11.5 Å². The van der Waals surface area contributed by atoms with E-state index in [9.17, 15) is 20.3 Å². The van der Waals surface area contributed by atoms with Gasteiger partial charge in [0.05, 0.1) is 11.0 Å². The van der Waals surface area contributed by atoms with E-state index in [2.05, 4.69) is 4.99 Å². The molecule has 0 heterocycles. The van der Waals surface area contributed by atoms with E-state index in [1.807, 2.05) is 0 Å². The Hall–Kier alpha value is -2.89. The molecular weight excluding hydrogens is 248 g/mol. The smallest absolute Gasteiger partial charge is 0.298 e. The zero-order chi connectivity index (χ0) is 13.8. The van der Waals surface area contributed by atoms with Crippen molar-refractivity contribution in [3.8, 4) is 11.5 Å². The number of phenols is 2. The Kier molecular flexibility index (Phi) is 3.42. The predicted molar refractivity (Wildman–Crippen MR) is 70.1 cm³/mol. The lowest BCUT2D eigenvalue weighted by Crippen LogP contribution is -1.89. The zero-order valence-electron chi connectivity index (χ0n) is 9.72. The average molecular weight is 258 g/mol. The minimum Gasteiger partial charge on any atom is -0.508 e. The zero-order valence-corrected chi connectivity index (χ0v) is 9.72. The maximum absolute atomic E-state index is 10.8. The van der Waals surface area contributed by atoms with Crippen molar-refractivity contribution in [2.24, 2.45) is 4.99 Å². The minimum atomic E-state index is -0.628. The summed E-state index contributed by atoms with van der Waals surface area (Å²) >= 11 is 0. The first kappa shape index (κ1) is 12.6. The number of benzene rings is 2. The van der Waals surface area contributed by atoms with E-state index in [1.54, 1.807) is 18.2 Å². The Balaban J connectivity index is 2.39. The number of para-hydroxylation sites is 1. The molecule has 0 saturated carbocycles. The van der Waals surface area contributed by atoms with Crippen LogP contribution in [0.1, 0.15) is 5.56 Å². The SMILES string of the molecule is O=[N+]([O-])c1cc(O)ccc1N=Cc1ccccc1O. The molecule has 0 saturated heterocycles. The lowest BCUT2D eigenvalue weighted by Gasteiger charge is -1.99. The fraction of sp³-hybridized carbons (Fsp3) is 0. The fourth-order valence-electron chi connectivity index (χ4n) is 1.50. The van der Waals surface area contributed by atoms with E-state index in [-0.39, 0.29) is 22.9 Å². The predicted octanol–water partition coefficient (Wildman–Crippen LogP) is 2.76. The number of nitro groups is 1. The van der Waals surface area contributed by atoms with E-state index >= 15 is 0 Å². The lowest BCUT2D eigenvalue weighted by molar-refractivity contribution is -0.384. The highest BCUT2D eigenvalue weighted by Crippen LogP contribution is 2.30. The molecule has 0 aliphatic heterocycles. The van der Waals surface area contributed by atoms with Gasteiger partial charge in [-0.3, -0.25) is 10.1 Å². The van der Waals surface area contributed by atoms with Gasteiger partial charge in [0.1, 0.15) is 17.2 Å². The maximum atomic E-state index is 10.8. The second-order valence-electron chi connectivity index (χ2n) is 3.75. The van der Waals surface area contributed by atoms with Crippen LogP contribution in [0, 0.1) is 10.1 Å². The Labute approximate surface area is 108 Å². The number of aliphatic imine (C=N–C) groups is 1. The normalized spacial score (nSPS) is 10.7. The van der Waals surface area contributed by atoms with Crippen LogP contribution in [0.4, 0.5) is 11.4 Å². The van der Waals surface area contributed by atoms with Gasteiger partial charge in [0.25, 0.3) is 5.69 Å². The van der Waals surface area contributed by atoms with Crippen molar-refractivity contribution < 1.29 is 15.1 Å². The van der Waals surface area contributed by atoms with Crippen LogP contribution in [-0.4, -0.2) is 21.4 Å². The van der Waals surface area contributed by atoms with Gasteiger partial charge in [0.15, 0.2) is 0 Å².